The summed E-state index contributed by atoms with van der Waals surface area (Å²) in [5.74, 6) is -10.7. The minimum atomic E-state index is -5.67. The Morgan fingerprint density at radius 1 is 0.943 bits per heavy atom. The zero-order valence-corrected chi connectivity index (χ0v) is 19.0. The third-order valence-electron chi connectivity index (χ3n) is 7.22. The lowest BCUT2D eigenvalue weighted by molar-refractivity contribution is -0.168. The molecule has 2 bridgehead atoms. The van der Waals surface area contributed by atoms with Gasteiger partial charge in [-0.2, -0.15) is 13.2 Å². The molecular formula is C24H23F7N2O2. The highest BCUT2D eigenvalue weighted by atomic mass is 19.4. The molecule has 1 saturated carbocycles. The Morgan fingerprint density at radius 3 is 1.91 bits per heavy atom. The quantitative estimate of drug-likeness (QED) is 0.442. The molecular weight excluding hydrogens is 481 g/mol. The summed E-state index contributed by atoms with van der Waals surface area (Å²) in [6.07, 6.45) is -5.72. The molecule has 2 aliphatic heterocycles. The molecule has 4 nitrogen and oxygen atoms in total. The van der Waals surface area contributed by atoms with E-state index in [4.69, 9.17) is 4.74 Å². The molecule has 5 rings (SSSR count). The van der Waals surface area contributed by atoms with Crippen molar-refractivity contribution >= 4 is 11.6 Å². The van der Waals surface area contributed by atoms with Crippen LogP contribution in [-0.4, -0.2) is 42.6 Å². The minimum Gasteiger partial charge on any atom is -0.381 e. The topological polar surface area (TPSA) is 41.6 Å². The van der Waals surface area contributed by atoms with Crippen molar-refractivity contribution in [3.8, 4) is 0 Å². The number of carbonyl (C=O) groups is 1. The van der Waals surface area contributed by atoms with Gasteiger partial charge in [0.2, 0.25) is 5.91 Å². The average molecular weight is 504 g/mol. The van der Waals surface area contributed by atoms with E-state index in [1.807, 2.05) is 30.3 Å². The van der Waals surface area contributed by atoms with Crippen molar-refractivity contribution in [3.05, 3.63) is 64.7 Å². The van der Waals surface area contributed by atoms with Gasteiger partial charge in [0.15, 0.2) is 23.3 Å². The number of nitrogens with one attached hydrogen (secondary N) is 1. The molecule has 1 N–H and O–H groups in total. The third kappa shape index (κ3) is 4.08. The maximum atomic E-state index is 14.3. The number of ether oxygens (including phenoxy) is 1. The van der Waals surface area contributed by atoms with Crippen LogP contribution in [0.25, 0.3) is 0 Å². The number of hydrogen-bond acceptors (Lipinski definition) is 3. The lowest BCUT2D eigenvalue weighted by atomic mass is 9.56. The van der Waals surface area contributed by atoms with Crippen molar-refractivity contribution in [1.29, 1.82) is 0 Å². The number of rotatable bonds is 5. The van der Waals surface area contributed by atoms with Crippen LogP contribution in [-0.2, 0) is 15.7 Å². The zero-order valence-electron chi connectivity index (χ0n) is 19.0. The monoisotopic (exact) mass is 504 g/mol. The van der Waals surface area contributed by atoms with Gasteiger partial charge in [-0.25, -0.2) is 17.6 Å². The summed E-state index contributed by atoms with van der Waals surface area (Å²) in [6, 6.07) is 9.75. The first-order valence-electron chi connectivity index (χ1n) is 10.9. The molecule has 0 aromatic heterocycles. The van der Waals surface area contributed by atoms with Crippen LogP contribution in [0.5, 0.6) is 0 Å². The Labute approximate surface area is 197 Å². The normalized spacial score (nSPS) is 24.7. The van der Waals surface area contributed by atoms with Crippen LogP contribution in [0.2, 0.25) is 0 Å². The van der Waals surface area contributed by atoms with Gasteiger partial charge in [0.05, 0.1) is 11.6 Å². The van der Waals surface area contributed by atoms with Gasteiger partial charge in [-0.15, -0.1) is 0 Å². The second kappa shape index (κ2) is 8.77. The number of piperidine rings is 2. The highest BCUT2D eigenvalue weighted by Crippen LogP contribution is 2.54. The van der Waals surface area contributed by atoms with Gasteiger partial charge in [-0.3, -0.25) is 9.69 Å². The Hall–Kier alpha value is -2.66. The summed E-state index contributed by atoms with van der Waals surface area (Å²) in [5, 5.41) is 1.76. The molecule has 190 valence electrons. The van der Waals surface area contributed by atoms with Crippen LogP contribution in [0.3, 0.4) is 0 Å². The maximum absolute atomic E-state index is 14.3. The predicted molar refractivity (Wildman–Crippen MR) is 113 cm³/mol. The van der Waals surface area contributed by atoms with Crippen LogP contribution in [0, 0.1) is 35.1 Å². The molecule has 1 amide bonds. The second-order valence-electron chi connectivity index (χ2n) is 9.39. The SMILES string of the molecule is COC1C2CN(C(C)(C)C(=O)Nc3c(F)c(F)c(C(F)(F)F)c(F)c3F)CC1C2c1ccccc1. The number of carbonyl (C=O) groups excluding carboxylic acids is 1. The highest BCUT2D eigenvalue weighted by molar-refractivity contribution is 5.97. The van der Waals surface area contributed by atoms with Gasteiger partial charge in [0.1, 0.15) is 11.3 Å². The van der Waals surface area contributed by atoms with E-state index >= 15 is 0 Å². The standard InChI is InChI=1S/C24H23F7N2O2/c1-23(2,22(34)32-20-18(27)16(25)15(24(29,30)31)17(26)19(20)28)33-9-12-14(11-7-5-4-6-8-11)13(10-33)21(12)35-3/h4-8,12-14,21H,9-10H2,1-3H3,(H,32,34). The molecule has 0 spiro atoms. The number of nitrogens with zero attached hydrogens (tertiary/aromatic N) is 1. The number of benzene rings is 2. The van der Waals surface area contributed by atoms with E-state index in [1.54, 1.807) is 17.3 Å². The highest BCUT2D eigenvalue weighted by Gasteiger charge is 2.58. The van der Waals surface area contributed by atoms with E-state index in [0.717, 1.165) is 5.56 Å². The van der Waals surface area contributed by atoms with Crippen LogP contribution >= 0.6 is 0 Å². The van der Waals surface area contributed by atoms with E-state index in [9.17, 15) is 35.5 Å². The van der Waals surface area contributed by atoms with Crippen molar-refractivity contribution in [3.63, 3.8) is 0 Å². The van der Waals surface area contributed by atoms with Crippen LogP contribution in [0.1, 0.15) is 30.9 Å². The molecule has 2 unspecified atom stereocenters. The summed E-state index contributed by atoms with van der Waals surface area (Å²) >= 11 is 0. The number of halogens is 7. The van der Waals surface area contributed by atoms with E-state index in [0.29, 0.717) is 13.1 Å². The number of amides is 1. The fourth-order valence-corrected chi connectivity index (χ4v) is 5.29. The Bertz CT molecular complexity index is 1090. The predicted octanol–water partition coefficient (Wildman–Crippen LogP) is 5.34. The van der Waals surface area contributed by atoms with Crippen molar-refractivity contribution in [2.75, 3.05) is 25.5 Å². The summed E-state index contributed by atoms with van der Waals surface area (Å²) in [5.41, 5.74) is -4.59. The molecule has 3 aliphatic rings. The summed E-state index contributed by atoms with van der Waals surface area (Å²) in [7, 11) is 1.60. The van der Waals surface area contributed by atoms with E-state index in [2.05, 4.69) is 0 Å². The lowest BCUT2D eigenvalue weighted by Gasteiger charge is -2.61. The lowest BCUT2D eigenvalue weighted by Crippen LogP contribution is -2.69. The van der Waals surface area contributed by atoms with E-state index in [1.165, 1.54) is 13.8 Å². The summed E-state index contributed by atoms with van der Waals surface area (Å²) in [4.78, 5) is 14.7. The minimum absolute atomic E-state index is 0.0163. The molecule has 2 atom stereocenters. The third-order valence-corrected chi connectivity index (χ3v) is 7.22. The number of methoxy groups -OCH3 is 1. The Balaban J connectivity index is 1.57. The second-order valence-corrected chi connectivity index (χ2v) is 9.39. The maximum Gasteiger partial charge on any atom is 0.422 e. The van der Waals surface area contributed by atoms with E-state index in [-0.39, 0.29) is 23.9 Å². The van der Waals surface area contributed by atoms with Crippen LogP contribution in [0.4, 0.5) is 36.4 Å². The largest absolute Gasteiger partial charge is 0.422 e. The molecule has 3 fully saturated rings. The molecule has 2 heterocycles. The fraction of sp³-hybridized carbons (Fsp3) is 0.458. The van der Waals surface area contributed by atoms with Gasteiger partial charge < -0.3 is 10.1 Å². The smallest absolute Gasteiger partial charge is 0.381 e. The number of alkyl halides is 3. The molecule has 2 aromatic rings. The van der Waals surface area contributed by atoms with Crippen molar-refractivity contribution in [1.82, 2.24) is 4.90 Å². The first-order chi connectivity index (χ1) is 16.3. The average Bonchev–Trinajstić information content (AvgIpc) is 2.80. The molecule has 35 heavy (non-hydrogen) atoms. The zero-order chi connectivity index (χ0) is 25.9. The van der Waals surface area contributed by atoms with E-state index < -0.39 is 52.1 Å². The molecule has 1 aliphatic carbocycles. The van der Waals surface area contributed by atoms with Crippen molar-refractivity contribution < 1.29 is 40.3 Å². The molecule has 2 saturated heterocycles. The molecule has 11 heteroatoms. The van der Waals surface area contributed by atoms with Crippen LogP contribution in [0.15, 0.2) is 30.3 Å². The van der Waals surface area contributed by atoms with Gasteiger partial charge in [0.25, 0.3) is 0 Å². The Morgan fingerprint density at radius 2 is 1.46 bits per heavy atom. The van der Waals surface area contributed by atoms with Gasteiger partial charge in [0, 0.05) is 32.0 Å². The molecule has 2 aromatic carbocycles. The fourth-order valence-electron chi connectivity index (χ4n) is 5.29. The Kier molecular flexibility index (Phi) is 6.38. The number of anilines is 1. The van der Waals surface area contributed by atoms with Gasteiger partial charge >= 0.3 is 6.18 Å². The summed E-state index contributed by atoms with van der Waals surface area (Å²) < 4.78 is 101. The number of hydrogen-bond donors (Lipinski definition) is 1. The van der Waals surface area contributed by atoms with Crippen molar-refractivity contribution in [2.45, 2.75) is 37.6 Å². The first-order valence-corrected chi connectivity index (χ1v) is 10.9. The molecule has 0 radical (unpaired) electrons. The number of fused-ring (bicyclic) bond motifs is 2. The van der Waals surface area contributed by atoms with Crippen molar-refractivity contribution in [2.24, 2.45) is 11.8 Å². The van der Waals surface area contributed by atoms with Gasteiger partial charge in [-0.1, -0.05) is 30.3 Å². The summed E-state index contributed by atoms with van der Waals surface area (Å²) in [6.45, 7) is 3.68. The van der Waals surface area contributed by atoms with Gasteiger partial charge in [-0.05, 0) is 25.3 Å². The van der Waals surface area contributed by atoms with Crippen LogP contribution < -0.4 is 5.32 Å². The first kappa shape index (κ1) is 25.4.